The van der Waals surface area contributed by atoms with Gasteiger partial charge in [0.15, 0.2) is 6.17 Å². The van der Waals surface area contributed by atoms with Crippen LogP contribution in [0.4, 0.5) is 52.7 Å². The number of hydrogen-bond donors (Lipinski definition) is 0. The molecule has 0 saturated heterocycles. The van der Waals surface area contributed by atoms with Gasteiger partial charge in [0, 0.05) is 0 Å². The van der Waals surface area contributed by atoms with Crippen LogP contribution in [0.3, 0.4) is 0 Å². The quantitative estimate of drug-likeness (QED) is 0.323. The van der Waals surface area contributed by atoms with Crippen LogP contribution in [-0.2, 0) is 4.74 Å². The number of alkyl halides is 12. The summed E-state index contributed by atoms with van der Waals surface area (Å²) in [7, 11) is 0. The highest BCUT2D eigenvalue weighted by Crippen LogP contribution is 2.55. The maximum absolute atomic E-state index is 13.2. The van der Waals surface area contributed by atoms with Gasteiger partial charge in [-0.05, 0) is 6.42 Å². The third-order valence-corrected chi connectivity index (χ3v) is 3.01. The lowest BCUT2D eigenvalue weighted by Crippen LogP contribution is -2.65. The lowest BCUT2D eigenvalue weighted by Gasteiger charge is -2.37. The first-order chi connectivity index (χ1) is 10.9. The molecular weight excluding hydrogens is 388 g/mol. The van der Waals surface area contributed by atoms with Crippen molar-refractivity contribution >= 4 is 0 Å². The smallest absolute Gasteiger partial charge is 0.316 e. The Kier molecular flexibility index (Phi) is 7.51. The molecule has 0 bridgehead atoms. The lowest BCUT2D eigenvalue weighted by atomic mass is 9.97. The van der Waals surface area contributed by atoms with E-state index in [1.54, 1.807) is 6.92 Å². The van der Waals surface area contributed by atoms with E-state index in [2.05, 4.69) is 4.74 Å². The second kappa shape index (κ2) is 7.78. The molecule has 0 amide bonds. The van der Waals surface area contributed by atoms with E-state index < -0.39 is 49.3 Å². The van der Waals surface area contributed by atoms with Crippen LogP contribution in [0.5, 0.6) is 0 Å². The van der Waals surface area contributed by atoms with Gasteiger partial charge in [-0.1, -0.05) is 19.8 Å². The van der Waals surface area contributed by atoms with E-state index in [4.69, 9.17) is 0 Å². The molecule has 25 heavy (non-hydrogen) atoms. The highest BCUT2D eigenvalue weighted by molar-refractivity contribution is 5.04. The first-order valence-electron chi connectivity index (χ1n) is 6.80. The summed E-state index contributed by atoms with van der Waals surface area (Å²) >= 11 is 0. The molecule has 0 aromatic carbocycles. The van der Waals surface area contributed by atoms with E-state index in [1.165, 1.54) is 0 Å². The Labute approximate surface area is 134 Å². The van der Waals surface area contributed by atoms with E-state index in [0.717, 1.165) is 0 Å². The zero-order valence-electron chi connectivity index (χ0n) is 12.6. The van der Waals surface area contributed by atoms with E-state index in [-0.39, 0.29) is 12.8 Å². The molecule has 0 aliphatic heterocycles. The van der Waals surface area contributed by atoms with Crippen LogP contribution in [0, 0.1) is 0 Å². The molecule has 0 N–H and O–H groups in total. The molecule has 0 aromatic heterocycles. The van der Waals surface area contributed by atoms with Crippen molar-refractivity contribution in [2.45, 2.75) is 68.8 Å². The summed E-state index contributed by atoms with van der Waals surface area (Å²) in [4.78, 5) is 0. The van der Waals surface area contributed by atoms with Gasteiger partial charge in [-0.25, -0.2) is 4.39 Å². The van der Waals surface area contributed by atoms with E-state index >= 15 is 0 Å². The minimum Gasteiger partial charge on any atom is -0.316 e. The minimum absolute atomic E-state index is 0.159. The first kappa shape index (κ1) is 24.1. The maximum Gasteiger partial charge on any atom is 0.426 e. The minimum atomic E-state index is -7.15. The summed E-state index contributed by atoms with van der Waals surface area (Å²) in [6, 6.07) is 0. The van der Waals surface area contributed by atoms with Gasteiger partial charge < -0.3 is 4.74 Å². The second-order valence-corrected chi connectivity index (χ2v) is 5.13. The van der Waals surface area contributed by atoms with Crippen LogP contribution in [0.2, 0.25) is 0 Å². The number of halogens is 12. The molecule has 0 aliphatic carbocycles. The highest BCUT2D eigenvalue weighted by Gasteiger charge is 2.83. The molecule has 1 unspecified atom stereocenters. The maximum atomic E-state index is 13.2. The summed E-state index contributed by atoms with van der Waals surface area (Å²) in [5.41, 5.74) is 0. The summed E-state index contributed by atoms with van der Waals surface area (Å²) < 4.78 is 157. The molecule has 152 valence electrons. The van der Waals surface area contributed by atoms with Crippen molar-refractivity contribution in [2.75, 3.05) is 6.61 Å². The van der Waals surface area contributed by atoms with Crippen molar-refractivity contribution in [2.24, 2.45) is 0 Å². The fourth-order valence-electron chi connectivity index (χ4n) is 1.56. The van der Waals surface area contributed by atoms with Crippen LogP contribution in [0.15, 0.2) is 0 Å². The Morgan fingerprint density at radius 3 is 1.64 bits per heavy atom. The first-order valence-corrected chi connectivity index (χ1v) is 6.80. The zero-order valence-corrected chi connectivity index (χ0v) is 12.6. The summed E-state index contributed by atoms with van der Waals surface area (Å²) in [6.07, 6.45) is -19.8. The zero-order chi connectivity index (χ0) is 20.3. The van der Waals surface area contributed by atoms with Gasteiger partial charge in [0.25, 0.3) is 0 Å². The molecule has 0 rings (SSSR count). The Hall–Kier alpha value is -0.880. The third kappa shape index (κ3) is 5.30. The fraction of sp³-hybridized carbons (Fsp3) is 1.00. The molecular formula is C12H14F12O. The average molecular weight is 402 g/mol. The van der Waals surface area contributed by atoms with Gasteiger partial charge in [0.2, 0.25) is 0 Å². The van der Waals surface area contributed by atoms with Crippen molar-refractivity contribution in [3.63, 3.8) is 0 Å². The standard InChI is InChI=1S/C12H14F12O/c1-2-3-4-5-25-12(23,24)11(21,22)10(19,20)9(17,18)7(13)6-8(14,15)16/h7H,2-6H2,1H3. The Balaban J connectivity index is 5.47. The van der Waals surface area contributed by atoms with Gasteiger partial charge in [-0.15, -0.1) is 0 Å². The Morgan fingerprint density at radius 2 is 1.24 bits per heavy atom. The molecule has 0 aliphatic rings. The monoisotopic (exact) mass is 402 g/mol. The number of unbranched alkanes of at least 4 members (excludes halogenated alkanes) is 2. The van der Waals surface area contributed by atoms with Gasteiger partial charge in [-0.2, -0.15) is 48.3 Å². The molecule has 0 spiro atoms. The van der Waals surface area contributed by atoms with Crippen LogP contribution < -0.4 is 0 Å². The van der Waals surface area contributed by atoms with Gasteiger partial charge >= 0.3 is 30.1 Å². The lowest BCUT2D eigenvalue weighted by molar-refractivity contribution is -0.433. The van der Waals surface area contributed by atoms with Crippen LogP contribution >= 0.6 is 0 Å². The molecule has 0 heterocycles. The van der Waals surface area contributed by atoms with Gasteiger partial charge in [0.05, 0.1) is 13.0 Å². The molecule has 0 radical (unpaired) electrons. The van der Waals surface area contributed by atoms with Crippen molar-refractivity contribution in [1.29, 1.82) is 0 Å². The number of hydrogen-bond acceptors (Lipinski definition) is 1. The van der Waals surface area contributed by atoms with Crippen molar-refractivity contribution in [3.05, 3.63) is 0 Å². The number of ether oxygens (including phenoxy) is 1. The van der Waals surface area contributed by atoms with Crippen molar-refractivity contribution in [1.82, 2.24) is 0 Å². The highest BCUT2D eigenvalue weighted by atomic mass is 19.4. The van der Waals surface area contributed by atoms with E-state index in [1.807, 2.05) is 0 Å². The number of rotatable bonds is 10. The Morgan fingerprint density at radius 1 is 0.760 bits per heavy atom. The molecule has 0 fully saturated rings. The normalized spacial score (nSPS) is 16.2. The average Bonchev–Trinajstić information content (AvgIpc) is 2.41. The van der Waals surface area contributed by atoms with Crippen molar-refractivity contribution in [3.8, 4) is 0 Å². The van der Waals surface area contributed by atoms with Crippen LogP contribution in [0.1, 0.15) is 32.6 Å². The molecule has 1 atom stereocenters. The fourth-order valence-corrected chi connectivity index (χ4v) is 1.56. The SMILES string of the molecule is CCCCCOC(F)(F)C(F)(F)C(F)(F)C(F)(F)C(F)CC(F)(F)F. The van der Waals surface area contributed by atoms with E-state index in [9.17, 15) is 52.7 Å². The Bertz CT molecular complexity index is 417. The largest absolute Gasteiger partial charge is 0.426 e. The van der Waals surface area contributed by atoms with Crippen LogP contribution in [-0.4, -0.2) is 42.8 Å². The summed E-state index contributed by atoms with van der Waals surface area (Å²) in [6.45, 7) is 0.350. The molecule has 0 saturated carbocycles. The van der Waals surface area contributed by atoms with Crippen molar-refractivity contribution < 1.29 is 57.4 Å². The molecule has 13 heteroatoms. The summed E-state index contributed by atoms with van der Waals surface area (Å²) in [5, 5.41) is 0. The van der Waals surface area contributed by atoms with Gasteiger partial charge in [0.1, 0.15) is 0 Å². The predicted molar refractivity (Wildman–Crippen MR) is 60.8 cm³/mol. The third-order valence-electron chi connectivity index (χ3n) is 3.01. The topological polar surface area (TPSA) is 9.23 Å². The summed E-state index contributed by atoms with van der Waals surface area (Å²) in [5.74, 6) is -20.9. The van der Waals surface area contributed by atoms with Gasteiger partial charge in [-0.3, -0.25) is 0 Å². The predicted octanol–water partition coefficient (Wildman–Crippen LogP) is 5.98. The van der Waals surface area contributed by atoms with Crippen LogP contribution in [0.25, 0.3) is 0 Å². The van der Waals surface area contributed by atoms with E-state index in [0.29, 0.717) is 6.42 Å². The molecule has 0 aromatic rings. The second-order valence-electron chi connectivity index (χ2n) is 5.13. The molecule has 1 nitrogen and oxygen atoms in total.